The zero-order chi connectivity index (χ0) is 13.9. The molecule has 2 atom stereocenters. The van der Waals surface area contributed by atoms with E-state index in [1.807, 2.05) is 30.3 Å². The Hall–Kier alpha value is -0.203. The van der Waals surface area contributed by atoms with Gasteiger partial charge < -0.3 is 0 Å². The Morgan fingerprint density at radius 2 is 2.00 bits per heavy atom. The zero-order valence-electron chi connectivity index (χ0n) is 10.6. The third kappa shape index (κ3) is 3.11. The van der Waals surface area contributed by atoms with Crippen LogP contribution in [0.15, 0.2) is 30.3 Å². The lowest BCUT2D eigenvalue weighted by atomic mass is 9.91. The molecule has 1 aliphatic rings. The molecule has 0 aromatic heterocycles. The first-order valence-electron chi connectivity index (χ1n) is 6.49. The molecule has 1 nitrogen and oxygen atoms in total. The summed E-state index contributed by atoms with van der Waals surface area (Å²) < 4.78 is -0.629. The number of nitrogens with zero attached hydrogens (tertiary/aromatic N) is 1. The molecule has 2 rings (SSSR count). The maximum Gasteiger partial charge on any atom is 0.275 e. The molecule has 1 aromatic carbocycles. The van der Waals surface area contributed by atoms with Crippen LogP contribution in [-0.4, -0.2) is 6.69 Å². The van der Waals surface area contributed by atoms with E-state index in [0.29, 0.717) is 12.3 Å². The van der Waals surface area contributed by atoms with E-state index < -0.39 is 11.2 Å². The van der Waals surface area contributed by atoms with Crippen molar-refractivity contribution in [3.05, 3.63) is 35.9 Å². The quantitative estimate of drug-likeness (QED) is 0.419. The minimum absolute atomic E-state index is 0.440. The van der Waals surface area contributed by atoms with Gasteiger partial charge in [0.25, 0.3) is 6.69 Å². The van der Waals surface area contributed by atoms with Crippen molar-refractivity contribution in [2.45, 2.75) is 36.2 Å². The smallest absolute Gasteiger partial charge is 0.198 e. The number of rotatable bonds is 3. The maximum absolute atomic E-state index is 8.72. The second kappa shape index (κ2) is 6.05. The molecular formula is C14H16Cl3NSi. The molecule has 0 amide bonds. The van der Waals surface area contributed by atoms with Crippen molar-refractivity contribution in [2.75, 3.05) is 0 Å². The lowest BCUT2D eigenvalue weighted by Crippen LogP contribution is -2.48. The van der Waals surface area contributed by atoms with Gasteiger partial charge in [0, 0.05) is 6.42 Å². The van der Waals surface area contributed by atoms with Crippen LogP contribution >= 0.6 is 33.8 Å². The van der Waals surface area contributed by atoms with Gasteiger partial charge in [-0.2, -0.15) is 5.26 Å². The Bertz CT molecular complexity index is 471. The first kappa shape index (κ1) is 15.2. The van der Waals surface area contributed by atoms with Crippen molar-refractivity contribution in [1.29, 1.82) is 5.26 Å². The van der Waals surface area contributed by atoms with Gasteiger partial charge in [0.15, 0.2) is 0 Å². The Morgan fingerprint density at radius 3 is 2.63 bits per heavy atom. The summed E-state index contributed by atoms with van der Waals surface area (Å²) in [6, 6.07) is 12.9. The van der Waals surface area contributed by atoms with Crippen molar-refractivity contribution < 1.29 is 0 Å². The monoisotopic (exact) mass is 331 g/mol. The molecular weight excluding hydrogens is 317 g/mol. The molecule has 0 bridgehead atoms. The molecule has 1 fully saturated rings. The number of nitriles is 1. The Labute approximate surface area is 129 Å². The van der Waals surface area contributed by atoms with E-state index in [9.17, 15) is 0 Å². The summed E-state index contributed by atoms with van der Waals surface area (Å²) in [5.74, 6) is 0.440. The highest BCUT2D eigenvalue weighted by molar-refractivity contribution is 7.47. The number of benzene rings is 1. The first-order valence-corrected chi connectivity index (χ1v) is 11.1. The van der Waals surface area contributed by atoms with Gasteiger partial charge in [0.2, 0.25) is 0 Å². The van der Waals surface area contributed by atoms with Crippen LogP contribution < -0.4 is 0 Å². The summed E-state index contributed by atoms with van der Waals surface area (Å²) in [6.45, 7) is -2.54. The number of hydrogen-bond acceptors (Lipinski definition) is 1. The Kier molecular flexibility index (Phi) is 4.84. The molecule has 0 radical (unpaired) electrons. The third-order valence-electron chi connectivity index (χ3n) is 3.91. The van der Waals surface area contributed by atoms with Crippen molar-refractivity contribution >= 4 is 40.5 Å². The normalized spacial score (nSPS) is 29.7. The van der Waals surface area contributed by atoms with Gasteiger partial charge in [-0.15, -0.1) is 33.8 Å². The van der Waals surface area contributed by atoms with Gasteiger partial charge >= 0.3 is 0 Å². The largest absolute Gasteiger partial charge is 0.275 e. The number of hydrogen-bond donors (Lipinski definition) is 0. The van der Waals surface area contributed by atoms with E-state index in [1.54, 1.807) is 0 Å². The average Bonchev–Trinajstić information content (AvgIpc) is 2.41. The minimum atomic E-state index is -2.54. The van der Waals surface area contributed by atoms with Crippen LogP contribution in [0.5, 0.6) is 0 Å². The van der Waals surface area contributed by atoms with Gasteiger partial charge in [0.05, 0.1) is 10.6 Å². The molecule has 0 saturated carbocycles. The molecule has 1 aromatic rings. The minimum Gasteiger partial charge on any atom is -0.198 e. The molecule has 5 heteroatoms. The summed E-state index contributed by atoms with van der Waals surface area (Å²) in [6.07, 6.45) is 3.23. The lowest BCUT2D eigenvalue weighted by molar-refractivity contribution is 0.395. The van der Waals surface area contributed by atoms with Gasteiger partial charge in [0.1, 0.15) is 0 Å². The highest BCUT2D eigenvalue weighted by atomic mass is 35.7. The van der Waals surface area contributed by atoms with E-state index in [4.69, 9.17) is 39.0 Å². The zero-order valence-corrected chi connectivity index (χ0v) is 13.8. The van der Waals surface area contributed by atoms with E-state index in [-0.39, 0.29) is 0 Å². The van der Waals surface area contributed by atoms with Gasteiger partial charge in [-0.05, 0) is 30.4 Å². The summed E-state index contributed by atoms with van der Waals surface area (Å²) in [5, 5.41) is 8.72. The first-order chi connectivity index (χ1) is 8.99. The Balaban J connectivity index is 2.26. The summed E-state index contributed by atoms with van der Waals surface area (Å²) >= 11 is 20.1. The van der Waals surface area contributed by atoms with Crippen molar-refractivity contribution in [2.24, 2.45) is 5.92 Å². The fourth-order valence-electron chi connectivity index (χ4n) is 2.78. The topological polar surface area (TPSA) is 23.8 Å². The van der Waals surface area contributed by atoms with E-state index >= 15 is 0 Å². The molecule has 0 N–H and O–H groups in total. The standard InChI is InChI=1S/C14H16Cl3NSi/c15-14(13-6-2-1-3-7-13)11-12(5-4-9-18)8-10-19(14,16)17/h1-3,6-7,12H,4-5,8,10-11H2. The summed E-state index contributed by atoms with van der Waals surface area (Å²) in [5.41, 5.74) is 1.02. The van der Waals surface area contributed by atoms with Crippen molar-refractivity contribution in [3.8, 4) is 6.07 Å². The number of halogens is 3. The van der Waals surface area contributed by atoms with Gasteiger partial charge in [-0.25, -0.2) is 0 Å². The molecule has 1 heterocycles. The van der Waals surface area contributed by atoms with Crippen LogP contribution in [0.1, 0.15) is 31.2 Å². The molecule has 0 spiro atoms. The van der Waals surface area contributed by atoms with E-state index in [2.05, 4.69) is 6.07 Å². The molecule has 19 heavy (non-hydrogen) atoms. The molecule has 2 unspecified atom stereocenters. The van der Waals surface area contributed by atoms with Crippen molar-refractivity contribution in [1.82, 2.24) is 0 Å². The number of alkyl halides is 1. The second-order valence-electron chi connectivity index (χ2n) is 5.18. The highest BCUT2D eigenvalue weighted by Crippen LogP contribution is 2.54. The van der Waals surface area contributed by atoms with Crippen LogP contribution in [0.4, 0.5) is 0 Å². The Morgan fingerprint density at radius 1 is 1.32 bits per heavy atom. The van der Waals surface area contributed by atoms with E-state index in [0.717, 1.165) is 30.9 Å². The average molecular weight is 333 g/mol. The van der Waals surface area contributed by atoms with Crippen LogP contribution in [0, 0.1) is 17.2 Å². The van der Waals surface area contributed by atoms with Gasteiger partial charge in [-0.3, -0.25) is 0 Å². The van der Waals surface area contributed by atoms with Crippen LogP contribution in [0.25, 0.3) is 0 Å². The van der Waals surface area contributed by atoms with Crippen molar-refractivity contribution in [3.63, 3.8) is 0 Å². The molecule has 0 aliphatic carbocycles. The second-order valence-corrected chi connectivity index (χ2v) is 13.4. The fraction of sp³-hybridized carbons (Fsp3) is 0.500. The lowest BCUT2D eigenvalue weighted by Gasteiger charge is -2.43. The SMILES string of the molecule is N#CCCC1CC[Si](Cl)(Cl)C(Cl)(c2ccccc2)C1. The molecule has 1 saturated heterocycles. The van der Waals surface area contributed by atoms with Gasteiger partial charge in [-0.1, -0.05) is 36.8 Å². The summed E-state index contributed by atoms with van der Waals surface area (Å²) in [4.78, 5) is 0. The predicted molar refractivity (Wildman–Crippen MR) is 83.8 cm³/mol. The molecule has 102 valence electrons. The summed E-state index contributed by atoms with van der Waals surface area (Å²) in [7, 11) is 0. The molecule has 1 aliphatic heterocycles. The van der Waals surface area contributed by atoms with Crippen LogP contribution in [0.2, 0.25) is 6.04 Å². The predicted octanol–water partition coefficient (Wildman–Crippen LogP) is 5.29. The van der Waals surface area contributed by atoms with Crippen LogP contribution in [0.3, 0.4) is 0 Å². The third-order valence-corrected chi connectivity index (χ3v) is 11.5. The van der Waals surface area contributed by atoms with Crippen LogP contribution in [-0.2, 0) is 4.50 Å². The van der Waals surface area contributed by atoms with E-state index in [1.165, 1.54) is 0 Å². The maximum atomic E-state index is 8.72. The highest BCUT2D eigenvalue weighted by Gasteiger charge is 2.55. The fourth-order valence-corrected chi connectivity index (χ4v) is 7.52.